The first kappa shape index (κ1) is 46.4. The lowest BCUT2D eigenvalue weighted by atomic mass is 9.90. The number of ether oxygens (including phenoxy) is 5. The van der Waals surface area contributed by atoms with E-state index in [1.807, 2.05) is 84.9 Å². The van der Waals surface area contributed by atoms with Crippen molar-refractivity contribution in [2.45, 2.75) is 63.5 Å². The van der Waals surface area contributed by atoms with Crippen molar-refractivity contribution in [2.75, 3.05) is 20.3 Å². The quantitative estimate of drug-likeness (QED) is 0.0957. The van der Waals surface area contributed by atoms with Gasteiger partial charge in [0.2, 0.25) is 0 Å². The number of fused-ring (bicyclic) bond motifs is 2. The molecule has 0 amide bonds. The second-order valence-electron chi connectivity index (χ2n) is 15.7. The number of hydrogen-bond acceptors (Lipinski definition) is 7. The molecule has 2 aliphatic rings. The van der Waals surface area contributed by atoms with Gasteiger partial charge in [-0.1, -0.05) is 72.8 Å². The van der Waals surface area contributed by atoms with E-state index in [9.17, 15) is 35.9 Å². The van der Waals surface area contributed by atoms with Crippen LogP contribution in [0, 0.1) is 0 Å². The summed E-state index contributed by atoms with van der Waals surface area (Å²) < 4.78 is 105. The summed E-state index contributed by atoms with van der Waals surface area (Å²) in [5.41, 5.74) is 7.35. The summed E-state index contributed by atoms with van der Waals surface area (Å²) in [5, 5.41) is 9.08. The smallest absolute Gasteiger partial charge is 0.416 e. The number of esters is 1. The zero-order valence-corrected chi connectivity index (χ0v) is 35.1. The number of rotatable bonds is 12. The van der Waals surface area contributed by atoms with Crippen molar-refractivity contribution < 1.29 is 64.7 Å². The SMILES string of the molecule is COC(=O)CC1COCc2cc(OCc3cccc(-c4ccc(C(F)(F)F)cc4)c3)ccc21.O=C(O)CC1COCc2cc(OCc3cccc(-c4ccc(C(F)(F)F)cc4)c3)ccc21. The molecule has 338 valence electrons. The van der Waals surface area contributed by atoms with Crippen LogP contribution in [-0.2, 0) is 62.6 Å². The van der Waals surface area contributed by atoms with Gasteiger partial charge in [-0.25, -0.2) is 0 Å². The number of hydrogen-bond donors (Lipinski definition) is 1. The molecule has 0 saturated heterocycles. The van der Waals surface area contributed by atoms with E-state index in [0.29, 0.717) is 55.7 Å². The Morgan fingerprint density at radius 1 is 0.569 bits per heavy atom. The summed E-state index contributed by atoms with van der Waals surface area (Å²) in [6.45, 7) is 2.31. The first-order valence-corrected chi connectivity index (χ1v) is 20.6. The molecule has 0 radical (unpaired) electrons. The molecule has 14 heteroatoms. The molecule has 0 aromatic heterocycles. The van der Waals surface area contributed by atoms with Crippen LogP contribution in [0.15, 0.2) is 133 Å². The molecule has 2 heterocycles. The topological polar surface area (TPSA) is 101 Å². The van der Waals surface area contributed by atoms with Gasteiger partial charge in [0.25, 0.3) is 0 Å². The highest BCUT2D eigenvalue weighted by molar-refractivity contribution is 5.71. The monoisotopic (exact) mass is 898 g/mol. The zero-order chi connectivity index (χ0) is 46.1. The lowest BCUT2D eigenvalue weighted by molar-refractivity contribution is -0.142. The number of carbonyl (C=O) groups is 2. The highest BCUT2D eigenvalue weighted by Crippen LogP contribution is 2.36. The molecule has 6 aromatic carbocycles. The van der Waals surface area contributed by atoms with Gasteiger partial charge in [0, 0.05) is 11.8 Å². The van der Waals surface area contributed by atoms with Gasteiger partial charge in [-0.3, -0.25) is 9.59 Å². The Balaban J connectivity index is 0.000000194. The zero-order valence-electron chi connectivity index (χ0n) is 35.1. The van der Waals surface area contributed by atoms with E-state index in [-0.39, 0.29) is 37.3 Å². The van der Waals surface area contributed by atoms with Crippen molar-refractivity contribution >= 4 is 11.9 Å². The molecule has 0 aliphatic carbocycles. The third-order valence-corrected chi connectivity index (χ3v) is 11.1. The van der Waals surface area contributed by atoms with Crippen LogP contribution < -0.4 is 9.47 Å². The Bertz CT molecular complexity index is 2590. The van der Waals surface area contributed by atoms with Crippen LogP contribution in [0.2, 0.25) is 0 Å². The van der Waals surface area contributed by atoms with Gasteiger partial charge in [0.1, 0.15) is 24.7 Å². The minimum atomic E-state index is -4.36. The average Bonchev–Trinajstić information content (AvgIpc) is 3.30. The molecular weight excluding hydrogens is 855 g/mol. The van der Waals surface area contributed by atoms with Crippen molar-refractivity contribution in [3.8, 4) is 33.8 Å². The lowest BCUT2D eigenvalue weighted by Gasteiger charge is -2.25. The number of carbonyl (C=O) groups excluding carboxylic acids is 1. The standard InChI is InChI=1S/C26H23F3O4.C25H21F3O4/c1-31-25(30)13-21-16-32-15-20-12-23(9-10-24(20)21)33-14-17-3-2-4-19(11-17)18-5-7-22(8-6-18)26(27,28)29;26-25(27,28)21-6-4-17(5-7-21)18-3-1-2-16(10-18)13-32-22-8-9-23-19(11-22)14-31-15-20(23)12-24(29)30/h2-12,21H,13-16H2,1H3;1-11,20H,12-15H2,(H,29,30). The van der Waals surface area contributed by atoms with Gasteiger partial charge in [0.05, 0.1) is 57.5 Å². The summed E-state index contributed by atoms with van der Waals surface area (Å²) in [5.74, 6) is -0.0370. The number of benzene rings is 6. The number of carboxylic acids is 1. The van der Waals surface area contributed by atoms with Gasteiger partial charge in [-0.2, -0.15) is 26.3 Å². The Labute approximate surface area is 371 Å². The third kappa shape index (κ3) is 12.3. The van der Waals surface area contributed by atoms with Crippen molar-refractivity contribution in [1.29, 1.82) is 0 Å². The number of alkyl halides is 6. The second-order valence-corrected chi connectivity index (χ2v) is 15.7. The minimum Gasteiger partial charge on any atom is -0.489 e. The van der Waals surface area contributed by atoms with E-state index in [0.717, 1.165) is 68.8 Å². The Hall–Kier alpha value is -6.64. The van der Waals surface area contributed by atoms with Crippen LogP contribution in [0.25, 0.3) is 22.3 Å². The normalized spacial score (nSPS) is 15.7. The van der Waals surface area contributed by atoms with E-state index in [2.05, 4.69) is 0 Å². The molecule has 65 heavy (non-hydrogen) atoms. The van der Waals surface area contributed by atoms with E-state index in [1.54, 1.807) is 0 Å². The van der Waals surface area contributed by atoms with Crippen molar-refractivity contribution in [1.82, 2.24) is 0 Å². The van der Waals surface area contributed by atoms with Gasteiger partial charge in [-0.15, -0.1) is 0 Å². The highest BCUT2D eigenvalue weighted by Gasteiger charge is 2.31. The molecule has 2 aliphatic heterocycles. The van der Waals surface area contributed by atoms with E-state index < -0.39 is 29.4 Å². The molecule has 2 atom stereocenters. The molecule has 0 bridgehead atoms. The van der Waals surface area contributed by atoms with Gasteiger partial charge in [0.15, 0.2) is 0 Å². The Morgan fingerprint density at radius 3 is 1.40 bits per heavy atom. The molecule has 8 rings (SSSR count). The Morgan fingerprint density at radius 2 is 1.00 bits per heavy atom. The highest BCUT2D eigenvalue weighted by atomic mass is 19.4. The van der Waals surface area contributed by atoms with E-state index in [1.165, 1.54) is 31.4 Å². The Kier molecular flexibility index (Phi) is 14.6. The summed E-state index contributed by atoms with van der Waals surface area (Å²) in [6.07, 6.45) is -8.43. The first-order chi connectivity index (χ1) is 31.1. The van der Waals surface area contributed by atoms with Gasteiger partial charge < -0.3 is 28.8 Å². The number of halogens is 6. The van der Waals surface area contributed by atoms with Crippen LogP contribution >= 0.6 is 0 Å². The van der Waals surface area contributed by atoms with Crippen LogP contribution in [0.5, 0.6) is 11.5 Å². The van der Waals surface area contributed by atoms with Crippen LogP contribution in [0.4, 0.5) is 26.3 Å². The van der Waals surface area contributed by atoms with Crippen LogP contribution in [0.3, 0.4) is 0 Å². The van der Waals surface area contributed by atoms with Crippen LogP contribution in [-0.4, -0.2) is 37.4 Å². The van der Waals surface area contributed by atoms with Crippen molar-refractivity contribution in [2.24, 2.45) is 0 Å². The summed E-state index contributed by atoms with van der Waals surface area (Å²) in [4.78, 5) is 22.7. The molecule has 1 N–H and O–H groups in total. The molecule has 8 nitrogen and oxygen atoms in total. The molecular formula is C51H44F6O8. The first-order valence-electron chi connectivity index (χ1n) is 20.6. The number of carboxylic acid groups (broad SMARTS) is 1. The molecule has 0 fully saturated rings. The molecule has 6 aromatic rings. The largest absolute Gasteiger partial charge is 0.489 e. The van der Waals surface area contributed by atoms with Gasteiger partial charge in [-0.05, 0) is 116 Å². The average molecular weight is 899 g/mol. The van der Waals surface area contributed by atoms with E-state index >= 15 is 0 Å². The van der Waals surface area contributed by atoms with E-state index in [4.69, 9.17) is 28.8 Å². The summed E-state index contributed by atoms with van der Waals surface area (Å²) >= 11 is 0. The molecule has 0 saturated carbocycles. The number of aliphatic carboxylic acids is 1. The predicted molar refractivity (Wildman–Crippen MR) is 229 cm³/mol. The minimum absolute atomic E-state index is 0.0178. The fourth-order valence-corrected chi connectivity index (χ4v) is 7.74. The third-order valence-electron chi connectivity index (χ3n) is 11.1. The van der Waals surface area contributed by atoms with Gasteiger partial charge >= 0.3 is 24.3 Å². The maximum atomic E-state index is 12.8. The van der Waals surface area contributed by atoms with Crippen molar-refractivity contribution in [3.05, 3.63) is 178 Å². The maximum Gasteiger partial charge on any atom is 0.416 e. The van der Waals surface area contributed by atoms with Crippen molar-refractivity contribution in [3.63, 3.8) is 0 Å². The maximum absolute atomic E-state index is 12.8. The summed E-state index contributed by atoms with van der Waals surface area (Å²) in [6, 6.07) is 36.4. The fraction of sp³-hybridized carbons (Fsp3) is 0.255. The predicted octanol–water partition coefficient (Wildman–Crippen LogP) is 12.2. The molecule has 0 spiro atoms. The second kappa shape index (κ2) is 20.5. The fourth-order valence-electron chi connectivity index (χ4n) is 7.74. The summed E-state index contributed by atoms with van der Waals surface area (Å²) in [7, 11) is 1.37. The van der Waals surface area contributed by atoms with Crippen LogP contribution in [0.1, 0.15) is 69.2 Å². The number of methoxy groups -OCH3 is 1. The molecule has 2 unspecified atom stereocenters. The lowest BCUT2D eigenvalue weighted by Crippen LogP contribution is -2.20.